The Balaban J connectivity index is 1.64. The van der Waals surface area contributed by atoms with Gasteiger partial charge in [-0.05, 0) is 44.3 Å². The highest BCUT2D eigenvalue weighted by Crippen LogP contribution is 2.40. The van der Waals surface area contributed by atoms with Crippen molar-refractivity contribution in [2.24, 2.45) is 11.8 Å². The lowest BCUT2D eigenvalue weighted by Gasteiger charge is -2.53. The van der Waals surface area contributed by atoms with E-state index in [4.69, 9.17) is 12.2 Å². The van der Waals surface area contributed by atoms with E-state index in [2.05, 4.69) is 16.3 Å². The number of quaternary nitrogens is 1. The van der Waals surface area contributed by atoms with E-state index in [9.17, 15) is 0 Å². The van der Waals surface area contributed by atoms with Crippen molar-refractivity contribution in [2.75, 3.05) is 26.7 Å². The van der Waals surface area contributed by atoms with Gasteiger partial charge in [-0.3, -0.25) is 0 Å². The van der Waals surface area contributed by atoms with Gasteiger partial charge < -0.3 is 15.1 Å². The van der Waals surface area contributed by atoms with E-state index in [1.54, 1.807) is 5.57 Å². The number of likely N-dealkylation sites (tertiary alicyclic amines) is 1. The summed E-state index contributed by atoms with van der Waals surface area (Å²) < 4.78 is 0. The van der Waals surface area contributed by atoms with Crippen molar-refractivity contribution in [3.8, 4) is 0 Å². The summed E-state index contributed by atoms with van der Waals surface area (Å²) in [5.41, 5.74) is 1.71. The Morgan fingerprint density at radius 1 is 1.38 bits per heavy atom. The Kier molecular flexibility index (Phi) is 3.70. The lowest BCUT2D eigenvalue weighted by Crippen LogP contribution is -3.19. The van der Waals surface area contributed by atoms with Gasteiger partial charge in [0.1, 0.15) is 0 Å². The van der Waals surface area contributed by atoms with Crippen LogP contribution in [0.15, 0.2) is 11.6 Å². The van der Waals surface area contributed by atoms with Crippen molar-refractivity contribution in [1.29, 1.82) is 0 Å². The maximum atomic E-state index is 5.59. The predicted molar refractivity (Wildman–Crippen MR) is 89.4 cm³/mol. The molecule has 1 unspecified atom stereocenters. The number of rotatable bonds is 0. The normalized spacial score (nSPS) is 41.7. The van der Waals surface area contributed by atoms with E-state index in [1.807, 2.05) is 11.9 Å². The number of hydrogen-bond donors (Lipinski definition) is 2. The van der Waals surface area contributed by atoms with Crippen LogP contribution in [0.1, 0.15) is 38.5 Å². The fourth-order valence-corrected chi connectivity index (χ4v) is 5.77. The second kappa shape index (κ2) is 5.54. The fraction of sp³-hybridized carbons (Fsp3) is 0.824. The maximum absolute atomic E-state index is 5.59. The Morgan fingerprint density at radius 2 is 2.29 bits per heavy atom. The molecule has 21 heavy (non-hydrogen) atoms. The molecule has 0 aromatic heterocycles. The van der Waals surface area contributed by atoms with Gasteiger partial charge in [0, 0.05) is 31.8 Å². The molecule has 3 heterocycles. The molecule has 0 aromatic rings. The van der Waals surface area contributed by atoms with Crippen LogP contribution in [0.2, 0.25) is 0 Å². The zero-order chi connectivity index (χ0) is 14.4. The quantitative estimate of drug-likeness (QED) is 0.514. The zero-order valence-electron chi connectivity index (χ0n) is 13.1. The van der Waals surface area contributed by atoms with Crippen molar-refractivity contribution in [3.05, 3.63) is 11.6 Å². The summed E-state index contributed by atoms with van der Waals surface area (Å²) in [5, 5.41) is 4.18. The summed E-state index contributed by atoms with van der Waals surface area (Å²) in [6, 6.07) is 1.53. The van der Waals surface area contributed by atoms with Crippen LogP contribution in [-0.2, 0) is 0 Å². The lowest BCUT2D eigenvalue weighted by atomic mass is 9.68. The standard InChI is InChI=1S/C17H27N3S/c1-18-17(21)20-8-4-5-12-9-13-10-14(16(12)20)11-19-7-3-2-6-15(13)19/h9,13-16H,2-8,10-11H2,1H3,(H,18,21)/p+1/t13-,14+,15-,16+/m1/s1. The van der Waals surface area contributed by atoms with Crippen LogP contribution < -0.4 is 10.2 Å². The van der Waals surface area contributed by atoms with E-state index < -0.39 is 0 Å². The molecule has 5 atom stereocenters. The largest absolute Gasteiger partial charge is 0.366 e. The molecular weight excluding hydrogens is 278 g/mol. The summed E-state index contributed by atoms with van der Waals surface area (Å²) >= 11 is 5.59. The SMILES string of the molecule is CNC(=S)N1CCCC2=C[C@@H]3C[C@@H](C[NH+]4CCCC[C@H]34)[C@H]21. The molecule has 4 heteroatoms. The monoisotopic (exact) mass is 306 g/mol. The third-order valence-electron chi connectivity index (χ3n) is 6.33. The molecule has 3 saturated heterocycles. The first kappa shape index (κ1) is 14.0. The molecule has 0 radical (unpaired) electrons. The Hall–Kier alpha value is -0.610. The topological polar surface area (TPSA) is 19.7 Å². The molecule has 3 aliphatic heterocycles. The highest BCUT2D eigenvalue weighted by molar-refractivity contribution is 7.80. The third kappa shape index (κ3) is 2.31. The van der Waals surface area contributed by atoms with E-state index in [0.717, 1.165) is 29.5 Å². The van der Waals surface area contributed by atoms with Gasteiger partial charge in [-0.2, -0.15) is 0 Å². The molecule has 1 aliphatic carbocycles. The summed E-state index contributed by atoms with van der Waals surface area (Å²) in [6.07, 6.45) is 11.0. The highest BCUT2D eigenvalue weighted by atomic mass is 32.1. The van der Waals surface area contributed by atoms with Gasteiger partial charge in [0.25, 0.3) is 0 Å². The lowest BCUT2D eigenvalue weighted by molar-refractivity contribution is -0.943. The van der Waals surface area contributed by atoms with Gasteiger partial charge in [0.05, 0.1) is 25.2 Å². The van der Waals surface area contributed by atoms with Crippen molar-refractivity contribution >= 4 is 17.3 Å². The molecule has 0 saturated carbocycles. The van der Waals surface area contributed by atoms with Gasteiger partial charge in [-0.25, -0.2) is 0 Å². The summed E-state index contributed by atoms with van der Waals surface area (Å²) in [4.78, 5) is 4.40. The first-order chi connectivity index (χ1) is 10.3. The molecule has 3 nitrogen and oxygen atoms in total. The number of nitrogens with one attached hydrogen (secondary N) is 2. The molecule has 0 spiro atoms. The molecule has 3 fully saturated rings. The van der Waals surface area contributed by atoms with E-state index in [-0.39, 0.29) is 0 Å². The third-order valence-corrected chi connectivity index (χ3v) is 6.77. The maximum Gasteiger partial charge on any atom is 0.169 e. The van der Waals surface area contributed by atoms with E-state index in [1.165, 1.54) is 51.6 Å². The minimum absolute atomic E-state index is 0.602. The van der Waals surface area contributed by atoms with Crippen LogP contribution >= 0.6 is 12.2 Å². The Bertz CT molecular complexity index is 461. The van der Waals surface area contributed by atoms with Crippen LogP contribution in [0, 0.1) is 11.8 Å². The smallest absolute Gasteiger partial charge is 0.169 e. The van der Waals surface area contributed by atoms with Crippen LogP contribution in [0.5, 0.6) is 0 Å². The van der Waals surface area contributed by atoms with Crippen molar-refractivity contribution in [1.82, 2.24) is 10.2 Å². The summed E-state index contributed by atoms with van der Waals surface area (Å²) in [5.74, 6) is 1.68. The fourth-order valence-electron chi connectivity index (χ4n) is 5.56. The zero-order valence-corrected chi connectivity index (χ0v) is 13.9. The second-order valence-corrected chi connectivity index (χ2v) is 7.80. The van der Waals surface area contributed by atoms with Crippen LogP contribution in [0.3, 0.4) is 0 Å². The molecule has 0 aromatic carbocycles. The molecular formula is C17H28N3S+. The molecule has 116 valence electrons. The number of fused-ring (bicyclic) bond motifs is 6. The van der Waals surface area contributed by atoms with Crippen LogP contribution in [0.4, 0.5) is 0 Å². The number of hydrogen-bond acceptors (Lipinski definition) is 1. The highest BCUT2D eigenvalue weighted by Gasteiger charge is 2.48. The van der Waals surface area contributed by atoms with Gasteiger partial charge >= 0.3 is 0 Å². The van der Waals surface area contributed by atoms with Crippen molar-refractivity contribution in [3.63, 3.8) is 0 Å². The van der Waals surface area contributed by atoms with Gasteiger partial charge in [0.15, 0.2) is 5.11 Å². The average molecular weight is 306 g/mol. The number of thiocarbonyl (C=S) groups is 1. The average Bonchev–Trinajstić information content (AvgIpc) is 2.53. The Labute approximate surface area is 133 Å². The summed E-state index contributed by atoms with van der Waals surface area (Å²) in [6.45, 7) is 3.93. The van der Waals surface area contributed by atoms with Gasteiger partial charge in [-0.15, -0.1) is 0 Å². The molecule has 0 amide bonds. The second-order valence-electron chi connectivity index (χ2n) is 7.41. The molecule has 2 N–H and O–H groups in total. The summed E-state index contributed by atoms with van der Waals surface area (Å²) in [7, 11) is 1.97. The van der Waals surface area contributed by atoms with Crippen molar-refractivity contribution < 1.29 is 4.90 Å². The number of piperidine rings is 3. The van der Waals surface area contributed by atoms with E-state index >= 15 is 0 Å². The minimum atomic E-state index is 0.602. The first-order valence-electron chi connectivity index (χ1n) is 8.81. The van der Waals surface area contributed by atoms with Crippen molar-refractivity contribution in [2.45, 2.75) is 50.6 Å². The molecule has 4 rings (SSSR count). The van der Waals surface area contributed by atoms with Gasteiger partial charge in [-0.1, -0.05) is 11.6 Å². The Morgan fingerprint density at radius 3 is 3.14 bits per heavy atom. The van der Waals surface area contributed by atoms with Crippen LogP contribution in [-0.4, -0.2) is 48.8 Å². The van der Waals surface area contributed by atoms with Crippen LogP contribution in [0.25, 0.3) is 0 Å². The predicted octanol–water partition coefficient (Wildman–Crippen LogP) is 0.969. The first-order valence-corrected chi connectivity index (χ1v) is 9.22. The minimum Gasteiger partial charge on any atom is -0.366 e. The molecule has 2 bridgehead atoms. The molecule has 4 aliphatic rings. The number of nitrogens with zero attached hydrogens (tertiary/aromatic N) is 1. The van der Waals surface area contributed by atoms with Gasteiger partial charge in [0.2, 0.25) is 0 Å². The van der Waals surface area contributed by atoms with E-state index in [0.29, 0.717) is 6.04 Å².